The topological polar surface area (TPSA) is 82.1 Å². The molecule has 0 bridgehead atoms. The molecule has 3 heterocycles. The third kappa shape index (κ3) is 2.71. The van der Waals surface area contributed by atoms with Crippen LogP contribution in [0.3, 0.4) is 0 Å². The quantitative estimate of drug-likeness (QED) is 0.713. The van der Waals surface area contributed by atoms with E-state index in [9.17, 15) is 9.90 Å². The minimum atomic E-state index is -0.936. The van der Waals surface area contributed by atoms with Crippen molar-refractivity contribution in [1.82, 2.24) is 20.1 Å². The zero-order valence-electron chi connectivity index (χ0n) is 14.6. The van der Waals surface area contributed by atoms with Crippen LogP contribution < -0.4 is 0 Å². The number of aliphatic hydroxyl groups is 1. The number of nitrogens with one attached hydrogen (secondary N) is 1. The van der Waals surface area contributed by atoms with Gasteiger partial charge < -0.3 is 10.0 Å². The van der Waals surface area contributed by atoms with Crippen LogP contribution in [0.4, 0.5) is 0 Å². The van der Waals surface area contributed by atoms with Gasteiger partial charge >= 0.3 is 0 Å². The molecule has 1 amide bonds. The number of carbonyl (C=O) groups is 1. The Morgan fingerprint density at radius 2 is 1.93 bits per heavy atom. The zero-order valence-corrected chi connectivity index (χ0v) is 15.4. The summed E-state index contributed by atoms with van der Waals surface area (Å²) in [6, 6.07) is 7.16. The van der Waals surface area contributed by atoms with Crippen molar-refractivity contribution in [2.24, 2.45) is 11.8 Å². The number of aromatic amines is 1. The smallest absolute Gasteiger partial charge is 0.253 e. The number of fused-ring (bicyclic) bond motifs is 2. The van der Waals surface area contributed by atoms with Crippen molar-refractivity contribution in [2.75, 3.05) is 13.1 Å². The second-order valence-corrected chi connectivity index (χ2v) is 8.13. The predicted octanol–water partition coefficient (Wildman–Crippen LogP) is 2.98. The first-order valence-electron chi connectivity index (χ1n) is 9.08. The third-order valence-electron chi connectivity index (χ3n) is 6.02. The Kier molecular flexibility index (Phi) is 3.74. The maximum absolute atomic E-state index is 12.7. The molecular formula is C20H19ClN4O2. The lowest BCUT2D eigenvalue weighted by Gasteiger charge is -2.27. The van der Waals surface area contributed by atoms with Crippen molar-refractivity contribution < 1.29 is 9.90 Å². The zero-order chi connectivity index (χ0) is 18.6. The van der Waals surface area contributed by atoms with Crippen LogP contribution in [0.25, 0.3) is 10.9 Å². The van der Waals surface area contributed by atoms with Gasteiger partial charge in [-0.3, -0.25) is 14.9 Å². The number of aromatic nitrogens is 3. The summed E-state index contributed by atoms with van der Waals surface area (Å²) >= 11 is 6.26. The van der Waals surface area contributed by atoms with E-state index in [4.69, 9.17) is 11.6 Å². The maximum Gasteiger partial charge on any atom is 0.253 e. The summed E-state index contributed by atoms with van der Waals surface area (Å²) in [6.45, 7) is 1.34. The van der Waals surface area contributed by atoms with Crippen LogP contribution in [0.15, 0.2) is 42.9 Å². The number of nitrogens with zero attached hydrogens (tertiary/aromatic N) is 3. The molecule has 1 aromatic carbocycles. The van der Waals surface area contributed by atoms with Crippen molar-refractivity contribution >= 4 is 28.4 Å². The molecule has 0 spiro atoms. The van der Waals surface area contributed by atoms with Crippen molar-refractivity contribution in [3.05, 3.63) is 59.0 Å². The molecule has 3 aromatic rings. The first-order chi connectivity index (χ1) is 13.0. The van der Waals surface area contributed by atoms with Crippen LogP contribution in [0.5, 0.6) is 0 Å². The summed E-state index contributed by atoms with van der Waals surface area (Å²) in [7, 11) is 0. The summed E-state index contributed by atoms with van der Waals surface area (Å²) in [4.78, 5) is 18.6. The predicted molar refractivity (Wildman–Crippen MR) is 101 cm³/mol. The summed E-state index contributed by atoms with van der Waals surface area (Å²) in [6.07, 6.45) is 6.26. The number of halogens is 1. The van der Waals surface area contributed by atoms with Crippen LogP contribution >= 0.6 is 11.6 Å². The highest BCUT2D eigenvalue weighted by atomic mass is 35.5. The van der Waals surface area contributed by atoms with E-state index in [-0.39, 0.29) is 17.7 Å². The molecule has 6 nitrogen and oxygen atoms in total. The number of amides is 1. The highest BCUT2D eigenvalue weighted by molar-refractivity contribution is 6.31. The molecule has 2 aliphatic rings. The molecule has 7 heteroatoms. The minimum absolute atomic E-state index is 0.0373. The Morgan fingerprint density at radius 3 is 2.63 bits per heavy atom. The van der Waals surface area contributed by atoms with Gasteiger partial charge in [0.05, 0.1) is 17.3 Å². The van der Waals surface area contributed by atoms with Gasteiger partial charge in [0.15, 0.2) is 0 Å². The summed E-state index contributed by atoms with van der Waals surface area (Å²) in [5.41, 5.74) is 1.39. The van der Waals surface area contributed by atoms with E-state index in [0.29, 0.717) is 36.5 Å². The molecule has 138 valence electrons. The first kappa shape index (κ1) is 16.7. The molecule has 5 rings (SSSR count). The van der Waals surface area contributed by atoms with Crippen LogP contribution in [-0.4, -0.2) is 44.2 Å². The van der Waals surface area contributed by atoms with Gasteiger partial charge in [0.2, 0.25) is 0 Å². The Morgan fingerprint density at radius 1 is 1.22 bits per heavy atom. The molecule has 1 aliphatic carbocycles. The van der Waals surface area contributed by atoms with E-state index in [1.54, 1.807) is 30.7 Å². The van der Waals surface area contributed by atoms with E-state index < -0.39 is 5.60 Å². The fourth-order valence-electron chi connectivity index (χ4n) is 4.82. The number of hydrogen-bond donors (Lipinski definition) is 2. The van der Waals surface area contributed by atoms with Gasteiger partial charge in [0.25, 0.3) is 5.91 Å². The van der Waals surface area contributed by atoms with Gasteiger partial charge in [-0.05, 0) is 54.5 Å². The molecule has 1 saturated carbocycles. The van der Waals surface area contributed by atoms with E-state index in [1.165, 1.54) is 0 Å². The lowest BCUT2D eigenvalue weighted by atomic mass is 9.88. The van der Waals surface area contributed by atoms with Gasteiger partial charge in [0.1, 0.15) is 0 Å². The van der Waals surface area contributed by atoms with E-state index in [2.05, 4.69) is 15.2 Å². The lowest BCUT2D eigenvalue weighted by Crippen LogP contribution is -2.32. The molecule has 1 saturated heterocycles. The summed E-state index contributed by atoms with van der Waals surface area (Å²) in [5.74, 6) is 0.596. The van der Waals surface area contributed by atoms with Crippen LogP contribution in [0, 0.1) is 11.8 Å². The molecule has 27 heavy (non-hydrogen) atoms. The lowest BCUT2D eigenvalue weighted by molar-refractivity contribution is 0.0318. The van der Waals surface area contributed by atoms with Gasteiger partial charge in [-0.2, -0.15) is 5.10 Å². The van der Waals surface area contributed by atoms with Gasteiger partial charge in [0, 0.05) is 41.5 Å². The number of likely N-dealkylation sites (tertiary alicyclic amines) is 1. The Labute approximate surface area is 161 Å². The van der Waals surface area contributed by atoms with E-state index in [0.717, 1.165) is 16.5 Å². The number of pyridine rings is 1. The van der Waals surface area contributed by atoms with Gasteiger partial charge in [-0.15, -0.1) is 0 Å². The monoisotopic (exact) mass is 382 g/mol. The van der Waals surface area contributed by atoms with Crippen molar-refractivity contribution in [2.45, 2.75) is 18.4 Å². The van der Waals surface area contributed by atoms with Crippen LogP contribution in [0.1, 0.15) is 28.8 Å². The fourth-order valence-corrected chi connectivity index (χ4v) is 5.03. The SMILES string of the molecule is O=C(c1ccncc1)N1C[C@@H]2C[C@](O)(c3cc(Cl)cc4[nH]ncc34)C[C@@H]2C1. The van der Waals surface area contributed by atoms with E-state index >= 15 is 0 Å². The fraction of sp³-hybridized carbons (Fsp3) is 0.350. The highest BCUT2D eigenvalue weighted by Crippen LogP contribution is 2.50. The number of benzene rings is 1. The second kappa shape index (κ2) is 6.04. The molecule has 2 aromatic heterocycles. The third-order valence-corrected chi connectivity index (χ3v) is 6.23. The summed E-state index contributed by atoms with van der Waals surface area (Å²) < 4.78 is 0. The molecule has 3 atom stereocenters. The molecule has 2 fully saturated rings. The average molecular weight is 383 g/mol. The number of rotatable bonds is 2. The van der Waals surface area contributed by atoms with Crippen LogP contribution in [-0.2, 0) is 5.60 Å². The van der Waals surface area contributed by atoms with Gasteiger partial charge in [-0.1, -0.05) is 11.6 Å². The second-order valence-electron chi connectivity index (χ2n) is 7.69. The summed E-state index contributed by atoms with van der Waals surface area (Å²) in [5, 5.41) is 20.0. The molecule has 0 radical (unpaired) electrons. The largest absolute Gasteiger partial charge is 0.385 e. The maximum atomic E-state index is 12.7. The highest BCUT2D eigenvalue weighted by Gasteiger charge is 2.50. The Balaban J connectivity index is 1.39. The number of H-pyrrole nitrogens is 1. The first-order valence-corrected chi connectivity index (χ1v) is 9.46. The standard InChI is InChI=1S/C20H19ClN4O2/c21-15-5-17(16-9-23-24-18(16)6-15)20(27)7-13-10-25(11-14(13)8-20)19(26)12-1-3-22-4-2-12/h1-6,9,13-14,27H,7-8,10-11H2,(H,23,24)/t13-,14+,20+. The van der Waals surface area contributed by atoms with Gasteiger partial charge in [-0.25, -0.2) is 0 Å². The number of carbonyl (C=O) groups excluding carboxylic acids is 1. The normalized spacial score (nSPS) is 27.3. The minimum Gasteiger partial charge on any atom is -0.385 e. The van der Waals surface area contributed by atoms with Crippen molar-refractivity contribution in [3.8, 4) is 0 Å². The number of hydrogen-bond acceptors (Lipinski definition) is 4. The van der Waals surface area contributed by atoms with Crippen LogP contribution in [0.2, 0.25) is 5.02 Å². The molecule has 0 unspecified atom stereocenters. The molecule has 2 N–H and O–H groups in total. The van der Waals surface area contributed by atoms with Crippen molar-refractivity contribution in [3.63, 3.8) is 0 Å². The average Bonchev–Trinajstić information content (AvgIpc) is 3.34. The molecule has 1 aliphatic heterocycles. The van der Waals surface area contributed by atoms with Crippen molar-refractivity contribution in [1.29, 1.82) is 0 Å². The molecular weight excluding hydrogens is 364 g/mol. The Bertz CT molecular complexity index is 1010. The Hall–Kier alpha value is -2.44. The van der Waals surface area contributed by atoms with E-state index in [1.807, 2.05) is 17.0 Å².